The molecule has 7 heteroatoms. The SMILES string of the molecule is CC1(C)CN(c2cc(F)nc3c2CCN3C(=O)OC(C)(C)C)CCN1. The van der Waals surface area contributed by atoms with Crippen LogP contribution in [0.3, 0.4) is 0 Å². The second-order valence-electron chi connectivity index (χ2n) is 8.38. The number of carbonyl (C=O) groups is 1. The molecule has 1 aromatic rings. The number of aromatic nitrogens is 1. The summed E-state index contributed by atoms with van der Waals surface area (Å²) in [5.41, 5.74) is 1.11. The molecule has 0 saturated carbocycles. The highest BCUT2D eigenvalue weighted by atomic mass is 19.1. The van der Waals surface area contributed by atoms with Crippen LogP contribution in [-0.4, -0.2) is 48.4 Å². The highest BCUT2D eigenvalue weighted by molar-refractivity contribution is 5.90. The average Bonchev–Trinajstić information content (AvgIpc) is 2.87. The minimum absolute atomic E-state index is 0.0473. The maximum Gasteiger partial charge on any atom is 0.416 e. The molecule has 3 heterocycles. The van der Waals surface area contributed by atoms with E-state index in [9.17, 15) is 9.18 Å². The maximum atomic E-state index is 14.2. The van der Waals surface area contributed by atoms with E-state index in [2.05, 4.69) is 29.0 Å². The van der Waals surface area contributed by atoms with Crippen LogP contribution in [0.1, 0.15) is 40.2 Å². The van der Waals surface area contributed by atoms with Crippen LogP contribution in [0.25, 0.3) is 0 Å². The van der Waals surface area contributed by atoms with Crippen LogP contribution in [0.2, 0.25) is 0 Å². The minimum atomic E-state index is -0.599. The van der Waals surface area contributed by atoms with Crippen molar-refractivity contribution in [2.24, 2.45) is 0 Å². The summed E-state index contributed by atoms with van der Waals surface area (Å²) < 4.78 is 19.7. The topological polar surface area (TPSA) is 57.7 Å². The summed E-state index contributed by atoms with van der Waals surface area (Å²) >= 11 is 0. The second kappa shape index (κ2) is 6.12. The van der Waals surface area contributed by atoms with E-state index < -0.39 is 17.6 Å². The van der Waals surface area contributed by atoms with Crippen LogP contribution in [0.5, 0.6) is 0 Å². The fraction of sp³-hybridized carbons (Fsp3) is 0.667. The molecule has 0 atom stereocenters. The van der Waals surface area contributed by atoms with Crippen LogP contribution in [0.15, 0.2) is 6.07 Å². The van der Waals surface area contributed by atoms with E-state index in [1.54, 1.807) is 0 Å². The molecule has 2 aliphatic heterocycles. The summed E-state index contributed by atoms with van der Waals surface area (Å²) in [6.45, 7) is 12.6. The van der Waals surface area contributed by atoms with Crippen LogP contribution >= 0.6 is 0 Å². The van der Waals surface area contributed by atoms with E-state index in [0.29, 0.717) is 18.8 Å². The Bertz CT molecular complexity index is 684. The number of hydrogen-bond donors (Lipinski definition) is 1. The zero-order valence-electron chi connectivity index (χ0n) is 15.6. The number of fused-ring (bicyclic) bond motifs is 1. The molecule has 1 aromatic heterocycles. The van der Waals surface area contributed by atoms with Crippen molar-refractivity contribution in [3.05, 3.63) is 17.6 Å². The van der Waals surface area contributed by atoms with E-state index in [1.807, 2.05) is 20.8 Å². The molecule has 0 bridgehead atoms. The molecule has 1 amide bonds. The van der Waals surface area contributed by atoms with Crippen molar-refractivity contribution in [3.8, 4) is 0 Å². The van der Waals surface area contributed by atoms with Gasteiger partial charge in [0, 0.05) is 49.0 Å². The van der Waals surface area contributed by atoms with E-state index in [-0.39, 0.29) is 5.54 Å². The fourth-order valence-electron chi connectivity index (χ4n) is 3.43. The first kappa shape index (κ1) is 17.9. The lowest BCUT2D eigenvalue weighted by atomic mass is 10.0. The van der Waals surface area contributed by atoms with Gasteiger partial charge in [-0.2, -0.15) is 4.39 Å². The molecule has 0 spiro atoms. The highest BCUT2D eigenvalue weighted by Crippen LogP contribution is 2.36. The van der Waals surface area contributed by atoms with Gasteiger partial charge in [0.1, 0.15) is 11.4 Å². The van der Waals surface area contributed by atoms with Crippen LogP contribution in [0, 0.1) is 5.95 Å². The number of ether oxygens (including phenoxy) is 1. The average molecular weight is 350 g/mol. The Hall–Kier alpha value is -1.89. The normalized spacial score (nSPS) is 19.8. The Morgan fingerprint density at radius 1 is 1.36 bits per heavy atom. The molecule has 0 radical (unpaired) electrons. The number of hydrogen-bond acceptors (Lipinski definition) is 5. The molecule has 138 valence electrons. The van der Waals surface area contributed by atoms with Crippen LogP contribution in [-0.2, 0) is 11.2 Å². The summed E-state index contributed by atoms with van der Waals surface area (Å²) in [7, 11) is 0. The van der Waals surface area contributed by atoms with Gasteiger partial charge in [0.15, 0.2) is 0 Å². The van der Waals surface area contributed by atoms with Gasteiger partial charge in [-0.15, -0.1) is 0 Å². The lowest BCUT2D eigenvalue weighted by Gasteiger charge is -2.41. The number of pyridine rings is 1. The smallest absolute Gasteiger partial charge is 0.416 e. The lowest BCUT2D eigenvalue weighted by Crippen LogP contribution is -2.57. The van der Waals surface area contributed by atoms with Gasteiger partial charge in [-0.05, 0) is 41.0 Å². The monoisotopic (exact) mass is 350 g/mol. The van der Waals surface area contributed by atoms with Crippen molar-refractivity contribution in [3.63, 3.8) is 0 Å². The number of nitrogens with one attached hydrogen (secondary N) is 1. The van der Waals surface area contributed by atoms with E-state index in [0.717, 1.165) is 30.9 Å². The van der Waals surface area contributed by atoms with Crippen LogP contribution in [0.4, 0.5) is 20.7 Å². The Kier molecular flexibility index (Phi) is 4.39. The molecule has 1 N–H and O–H groups in total. The largest absolute Gasteiger partial charge is 0.443 e. The predicted molar refractivity (Wildman–Crippen MR) is 95.8 cm³/mol. The summed E-state index contributed by atoms with van der Waals surface area (Å²) in [6, 6.07) is 1.48. The summed E-state index contributed by atoms with van der Waals surface area (Å²) in [6.07, 6.45) is 0.178. The van der Waals surface area contributed by atoms with Crippen molar-refractivity contribution < 1.29 is 13.9 Å². The number of amides is 1. The van der Waals surface area contributed by atoms with E-state index in [1.165, 1.54) is 11.0 Å². The second-order valence-corrected chi connectivity index (χ2v) is 8.38. The molecule has 25 heavy (non-hydrogen) atoms. The number of nitrogens with zero attached hydrogens (tertiary/aromatic N) is 3. The van der Waals surface area contributed by atoms with Gasteiger partial charge in [-0.1, -0.05) is 0 Å². The molecule has 0 aliphatic carbocycles. The van der Waals surface area contributed by atoms with E-state index >= 15 is 0 Å². The Balaban J connectivity index is 1.92. The van der Waals surface area contributed by atoms with E-state index in [4.69, 9.17) is 4.74 Å². The number of rotatable bonds is 1. The number of halogens is 1. The quantitative estimate of drug-likeness (QED) is 0.789. The first-order valence-corrected chi connectivity index (χ1v) is 8.76. The Morgan fingerprint density at radius 2 is 2.08 bits per heavy atom. The number of piperazine rings is 1. The van der Waals surface area contributed by atoms with Gasteiger partial charge in [-0.3, -0.25) is 4.90 Å². The third-order valence-corrected chi connectivity index (χ3v) is 4.41. The first-order chi connectivity index (χ1) is 11.6. The van der Waals surface area contributed by atoms with Crippen molar-refractivity contribution in [2.45, 2.75) is 52.2 Å². The van der Waals surface area contributed by atoms with Crippen molar-refractivity contribution in [2.75, 3.05) is 36.0 Å². The molecule has 3 rings (SSSR count). The minimum Gasteiger partial charge on any atom is -0.443 e. The highest BCUT2D eigenvalue weighted by Gasteiger charge is 2.35. The van der Waals surface area contributed by atoms with Crippen LogP contribution < -0.4 is 15.1 Å². The molecular formula is C18H27FN4O2. The molecule has 6 nitrogen and oxygen atoms in total. The maximum absolute atomic E-state index is 14.2. The van der Waals surface area contributed by atoms with Gasteiger partial charge < -0.3 is 15.0 Å². The third kappa shape index (κ3) is 3.86. The summed E-state index contributed by atoms with van der Waals surface area (Å²) in [5, 5.41) is 3.46. The summed E-state index contributed by atoms with van der Waals surface area (Å²) in [5.74, 6) is -0.180. The number of carbonyl (C=O) groups excluding carboxylic acids is 1. The summed E-state index contributed by atoms with van der Waals surface area (Å²) in [4.78, 5) is 20.1. The fourth-order valence-corrected chi connectivity index (χ4v) is 3.43. The number of anilines is 2. The van der Waals surface area contributed by atoms with Gasteiger partial charge in [0.05, 0.1) is 0 Å². The van der Waals surface area contributed by atoms with Gasteiger partial charge in [0.25, 0.3) is 0 Å². The van der Waals surface area contributed by atoms with Gasteiger partial charge >= 0.3 is 6.09 Å². The van der Waals surface area contributed by atoms with Crippen molar-refractivity contribution in [1.29, 1.82) is 0 Å². The lowest BCUT2D eigenvalue weighted by molar-refractivity contribution is 0.0583. The molecule has 2 aliphatic rings. The molecule has 1 fully saturated rings. The third-order valence-electron chi connectivity index (χ3n) is 4.41. The predicted octanol–water partition coefficient (Wildman–Crippen LogP) is 2.71. The molecule has 0 unspecified atom stereocenters. The zero-order chi connectivity index (χ0) is 18.4. The van der Waals surface area contributed by atoms with Crippen molar-refractivity contribution in [1.82, 2.24) is 10.3 Å². The first-order valence-electron chi connectivity index (χ1n) is 8.76. The van der Waals surface area contributed by atoms with Crippen molar-refractivity contribution >= 4 is 17.6 Å². The Labute approximate surface area is 148 Å². The molecule has 1 saturated heterocycles. The standard InChI is InChI=1S/C18H27FN4O2/c1-17(2,3)25-16(24)23-8-6-12-13(10-14(19)21-15(12)23)22-9-7-20-18(4,5)11-22/h10,20H,6-9,11H2,1-5H3. The molecule has 0 aromatic carbocycles. The van der Waals surface area contributed by atoms with Gasteiger partial charge in [-0.25, -0.2) is 9.78 Å². The Morgan fingerprint density at radius 3 is 2.72 bits per heavy atom. The van der Waals surface area contributed by atoms with Gasteiger partial charge in [0.2, 0.25) is 5.95 Å². The zero-order valence-corrected chi connectivity index (χ0v) is 15.6. The molecular weight excluding hydrogens is 323 g/mol.